The Morgan fingerprint density at radius 2 is 1.61 bits per heavy atom. The second kappa shape index (κ2) is 6.31. The van der Waals surface area contributed by atoms with Crippen molar-refractivity contribution in [2.45, 2.75) is 18.4 Å². The molecule has 23 heavy (non-hydrogen) atoms. The number of benzene rings is 2. The zero-order valence-corrected chi connectivity index (χ0v) is 12.1. The van der Waals surface area contributed by atoms with Crippen LogP contribution in [0.2, 0.25) is 0 Å². The summed E-state index contributed by atoms with van der Waals surface area (Å²) in [5, 5.41) is 0. The van der Waals surface area contributed by atoms with Crippen molar-refractivity contribution in [1.82, 2.24) is 0 Å². The molecular weight excluding hydrogens is 346 g/mol. The third-order valence-electron chi connectivity index (χ3n) is 2.96. The highest BCUT2D eigenvalue weighted by molar-refractivity contribution is 6.17. The second-order valence-corrected chi connectivity index (χ2v) is 4.85. The van der Waals surface area contributed by atoms with E-state index in [-0.39, 0.29) is 17.0 Å². The van der Waals surface area contributed by atoms with Gasteiger partial charge in [0.05, 0.1) is 5.56 Å². The average molecular weight is 355 g/mol. The van der Waals surface area contributed by atoms with Crippen molar-refractivity contribution < 1.29 is 31.1 Å². The van der Waals surface area contributed by atoms with E-state index >= 15 is 0 Å². The smallest absolute Gasteiger partial charge is 0.406 e. The zero-order chi connectivity index (χ0) is 17.3. The first-order valence-corrected chi connectivity index (χ1v) is 6.76. The molecule has 2 rings (SSSR count). The summed E-state index contributed by atoms with van der Waals surface area (Å²) in [4.78, 5) is 0. The van der Waals surface area contributed by atoms with Gasteiger partial charge in [0, 0.05) is 5.88 Å². The Bertz CT molecular complexity index is 693. The van der Waals surface area contributed by atoms with Crippen LogP contribution in [-0.4, -0.2) is 6.36 Å². The number of halogens is 7. The fourth-order valence-electron chi connectivity index (χ4n) is 2.02. The summed E-state index contributed by atoms with van der Waals surface area (Å²) in [5.41, 5.74) is -0.137. The van der Waals surface area contributed by atoms with E-state index in [2.05, 4.69) is 4.74 Å². The molecule has 0 saturated carbocycles. The van der Waals surface area contributed by atoms with Gasteiger partial charge in [-0.3, -0.25) is 0 Å². The summed E-state index contributed by atoms with van der Waals surface area (Å²) in [5.74, 6) is -0.681. The summed E-state index contributed by atoms with van der Waals surface area (Å²) < 4.78 is 78.6. The molecule has 124 valence electrons. The van der Waals surface area contributed by atoms with Crippen LogP contribution in [0.15, 0.2) is 42.5 Å². The largest absolute Gasteiger partial charge is 0.573 e. The van der Waals surface area contributed by atoms with Crippen molar-refractivity contribution in [3.63, 3.8) is 0 Å². The predicted octanol–water partition coefficient (Wildman–Crippen LogP) is 6.01. The number of hydrogen-bond donors (Lipinski definition) is 0. The third kappa shape index (κ3) is 4.54. The summed E-state index contributed by atoms with van der Waals surface area (Å²) in [6.07, 6.45) is -9.38. The van der Waals surface area contributed by atoms with Crippen molar-refractivity contribution in [3.05, 3.63) is 53.6 Å². The van der Waals surface area contributed by atoms with E-state index in [0.717, 1.165) is 24.3 Å². The lowest BCUT2D eigenvalue weighted by Gasteiger charge is -2.14. The maximum atomic E-state index is 12.7. The highest BCUT2D eigenvalue weighted by atomic mass is 35.5. The van der Waals surface area contributed by atoms with E-state index < -0.39 is 23.9 Å². The molecule has 0 aliphatic carbocycles. The number of alkyl halides is 7. The molecule has 0 aliphatic rings. The molecule has 0 heterocycles. The minimum absolute atomic E-state index is 0.158. The highest BCUT2D eigenvalue weighted by Gasteiger charge is 2.32. The predicted molar refractivity (Wildman–Crippen MR) is 73.1 cm³/mol. The SMILES string of the molecule is FC(F)(F)Oc1cccc(-c2ccc(C(F)(F)F)cc2CCl)c1. The Morgan fingerprint density at radius 3 is 2.17 bits per heavy atom. The second-order valence-electron chi connectivity index (χ2n) is 4.58. The van der Waals surface area contributed by atoms with Gasteiger partial charge in [0.2, 0.25) is 0 Å². The molecule has 0 bridgehead atoms. The number of ether oxygens (including phenoxy) is 1. The van der Waals surface area contributed by atoms with Gasteiger partial charge in [-0.1, -0.05) is 18.2 Å². The first-order valence-electron chi connectivity index (χ1n) is 6.22. The number of rotatable bonds is 3. The Labute approximate surface area is 132 Å². The van der Waals surface area contributed by atoms with Gasteiger partial charge in [-0.25, -0.2) is 0 Å². The van der Waals surface area contributed by atoms with Crippen LogP contribution >= 0.6 is 11.6 Å². The topological polar surface area (TPSA) is 9.23 Å². The maximum absolute atomic E-state index is 12.7. The van der Waals surface area contributed by atoms with Crippen LogP contribution in [0.1, 0.15) is 11.1 Å². The molecule has 0 radical (unpaired) electrons. The summed E-state index contributed by atoms with van der Waals surface area (Å²) in [6, 6.07) is 7.86. The Balaban J connectivity index is 2.44. The molecule has 2 aromatic rings. The Morgan fingerprint density at radius 1 is 0.913 bits per heavy atom. The summed E-state index contributed by atoms with van der Waals surface area (Å²) in [6.45, 7) is 0. The lowest BCUT2D eigenvalue weighted by molar-refractivity contribution is -0.274. The van der Waals surface area contributed by atoms with Gasteiger partial charge in [-0.2, -0.15) is 13.2 Å². The van der Waals surface area contributed by atoms with Crippen molar-refractivity contribution in [1.29, 1.82) is 0 Å². The molecule has 0 aliphatic heterocycles. The molecule has 0 fully saturated rings. The van der Waals surface area contributed by atoms with Crippen LogP contribution in [0.5, 0.6) is 5.75 Å². The van der Waals surface area contributed by atoms with Gasteiger partial charge in [-0.05, 0) is 41.0 Å². The Kier molecular flexibility index (Phi) is 4.79. The molecule has 0 amide bonds. The average Bonchev–Trinajstić information content (AvgIpc) is 2.44. The van der Waals surface area contributed by atoms with Crippen molar-refractivity contribution in [2.24, 2.45) is 0 Å². The standard InChI is InChI=1S/C15H9ClF6O/c16-8-10-6-11(14(17,18)19)4-5-13(10)9-2-1-3-12(7-9)23-15(20,21)22/h1-7H,8H2. The minimum Gasteiger partial charge on any atom is -0.406 e. The zero-order valence-electron chi connectivity index (χ0n) is 11.3. The Hall–Kier alpha value is -1.89. The highest BCUT2D eigenvalue weighted by Crippen LogP contribution is 2.35. The fraction of sp³-hybridized carbons (Fsp3) is 0.200. The van der Waals surface area contributed by atoms with E-state index in [4.69, 9.17) is 11.6 Å². The van der Waals surface area contributed by atoms with Crippen LogP contribution in [0.3, 0.4) is 0 Å². The van der Waals surface area contributed by atoms with Gasteiger partial charge in [0.25, 0.3) is 0 Å². The fourth-order valence-corrected chi connectivity index (χ4v) is 2.24. The van der Waals surface area contributed by atoms with E-state index in [1.165, 1.54) is 18.2 Å². The van der Waals surface area contributed by atoms with Gasteiger partial charge in [0.15, 0.2) is 0 Å². The van der Waals surface area contributed by atoms with Gasteiger partial charge >= 0.3 is 12.5 Å². The molecule has 8 heteroatoms. The molecule has 0 saturated heterocycles. The lowest BCUT2D eigenvalue weighted by atomic mass is 9.98. The van der Waals surface area contributed by atoms with Crippen molar-refractivity contribution in [2.75, 3.05) is 0 Å². The van der Waals surface area contributed by atoms with Crippen LogP contribution in [0.25, 0.3) is 11.1 Å². The third-order valence-corrected chi connectivity index (χ3v) is 3.24. The van der Waals surface area contributed by atoms with Crippen LogP contribution in [0, 0.1) is 0 Å². The maximum Gasteiger partial charge on any atom is 0.573 e. The molecule has 0 atom stereocenters. The van der Waals surface area contributed by atoms with Crippen LogP contribution < -0.4 is 4.74 Å². The van der Waals surface area contributed by atoms with Gasteiger partial charge < -0.3 is 4.74 Å². The molecular formula is C15H9ClF6O. The first-order chi connectivity index (χ1) is 10.6. The normalized spacial score (nSPS) is 12.3. The molecule has 0 unspecified atom stereocenters. The molecule has 0 spiro atoms. The van der Waals surface area contributed by atoms with E-state index in [0.29, 0.717) is 5.56 Å². The van der Waals surface area contributed by atoms with E-state index in [9.17, 15) is 26.3 Å². The lowest BCUT2D eigenvalue weighted by Crippen LogP contribution is -2.17. The minimum atomic E-state index is -4.85. The molecule has 1 nitrogen and oxygen atoms in total. The first kappa shape index (κ1) is 17.5. The molecule has 0 aromatic heterocycles. The molecule has 0 N–H and O–H groups in total. The van der Waals surface area contributed by atoms with Crippen LogP contribution in [0.4, 0.5) is 26.3 Å². The van der Waals surface area contributed by atoms with Crippen LogP contribution in [-0.2, 0) is 12.1 Å². The summed E-state index contributed by atoms with van der Waals surface area (Å²) >= 11 is 5.67. The quantitative estimate of drug-likeness (QED) is 0.484. The number of hydrogen-bond acceptors (Lipinski definition) is 1. The van der Waals surface area contributed by atoms with Crippen molar-refractivity contribution >= 4 is 11.6 Å². The van der Waals surface area contributed by atoms with Crippen molar-refractivity contribution in [3.8, 4) is 16.9 Å². The summed E-state index contributed by atoms with van der Waals surface area (Å²) in [7, 11) is 0. The van der Waals surface area contributed by atoms with E-state index in [1.54, 1.807) is 0 Å². The van der Waals surface area contributed by atoms with E-state index in [1.807, 2.05) is 0 Å². The van der Waals surface area contributed by atoms with Gasteiger partial charge in [-0.15, -0.1) is 24.8 Å². The molecule has 2 aromatic carbocycles. The monoisotopic (exact) mass is 354 g/mol. The van der Waals surface area contributed by atoms with Gasteiger partial charge in [0.1, 0.15) is 5.75 Å².